The predicted molar refractivity (Wildman–Crippen MR) is 90.0 cm³/mol. The first-order chi connectivity index (χ1) is 11.0. The van der Waals surface area contributed by atoms with Crippen molar-refractivity contribution >= 4 is 25.8 Å². The standard InChI is InChI=1S/C16H24N2O5Si/c1-16(2,3)24(5,6)23-13(12-8-7-9-22-12)10-11(19)14(18-17)15(20)21-4/h7-9,13H,10H2,1-6H3. The Bertz CT molecular complexity index is 640. The maximum absolute atomic E-state index is 12.3. The van der Waals surface area contributed by atoms with Gasteiger partial charge in [0.05, 0.1) is 19.8 Å². The molecule has 1 heterocycles. The summed E-state index contributed by atoms with van der Waals surface area (Å²) in [7, 11) is -1.09. The molecule has 0 amide bonds. The summed E-state index contributed by atoms with van der Waals surface area (Å²) >= 11 is 0. The van der Waals surface area contributed by atoms with Crippen molar-refractivity contribution < 1.29 is 28.0 Å². The smallest absolute Gasteiger partial charge is 0.441 e. The molecule has 7 nitrogen and oxygen atoms in total. The van der Waals surface area contributed by atoms with Crippen molar-refractivity contribution in [1.29, 1.82) is 0 Å². The number of furan rings is 1. The lowest BCUT2D eigenvalue weighted by Gasteiger charge is -2.38. The van der Waals surface area contributed by atoms with Gasteiger partial charge in [-0.1, -0.05) is 20.8 Å². The molecule has 0 bridgehead atoms. The molecule has 0 saturated heterocycles. The van der Waals surface area contributed by atoms with Crippen LogP contribution < -0.4 is 0 Å². The molecule has 1 aromatic heterocycles. The topological polar surface area (TPSA) is 102 Å². The Morgan fingerprint density at radius 2 is 2.00 bits per heavy atom. The van der Waals surface area contributed by atoms with E-state index in [0.717, 1.165) is 7.11 Å². The zero-order chi connectivity index (χ0) is 18.5. The summed E-state index contributed by atoms with van der Waals surface area (Å²) in [5, 5.41) is -0.0723. The van der Waals surface area contributed by atoms with E-state index < -0.39 is 31.9 Å². The molecule has 24 heavy (non-hydrogen) atoms. The molecule has 0 radical (unpaired) electrons. The predicted octanol–water partition coefficient (Wildman–Crippen LogP) is 3.15. The minimum absolute atomic E-state index is 0.0723. The van der Waals surface area contributed by atoms with E-state index in [9.17, 15) is 9.59 Å². The SMILES string of the molecule is COC(=O)C(=[N+]=[N-])C(=O)CC(O[Si](C)(C)C(C)(C)C)c1ccco1. The van der Waals surface area contributed by atoms with Crippen LogP contribution in [-0.2, 0) is 18.8 Å². The second kappa shape index (κ2) is 7.70. The third-order valence-corrected chi connectivity index (χ3v) is 8.70. The number of ketones is 1. The second-order valence-corrected chi connectivity index (χ2v) is 11.7. The molecular weight excluding hydrogens is 328 g/mol. The lowest BCUT2D eigenvalue weighted by molar-refractivity contribution is -0.140. The number of rotatable bonds is 7. The van der Waals surface area contributed by atoms with Crippen molar-refractivity contribution in [2.45, 2.75) is 51.4 Å². The third kappa shape index (κ3) is 4.74. The van der Waals surface area contributed by atoms with Crippen LogP contribution in [-0.4, -0.2) is 37.7 Å². The van der Waals surface area contributed by atoms with Crippen LogP contribution in [0.1, 0.15) is 39.1 Å². The molecule has 0 aliphatic heterocycles. The highest BCUT2D eigenvalue weighted by molar-refractivity contribution is 6.74. The molecule has 132 valence electrons. The first kappa shape index (κ1) is 20.0. The van der Waals surface area contributed by atoms with Crippen molar-refractivity contribution in [2.75, 3.05) is 7.11 Å². The van der Waals surface area contributed by atoms with E-state index in [1.807, 2.05) is 0 Å². The van der Waals surface area contributed by atoms with E-state index in [0.29, 0.717) is 5.76 Å². The fraction of sp³-hybridized carbons (Fsp3) is 0.562. The number of carbonyl (C=O) groups is 2. The van der Waals surface area contributed by atoms with Gasteiger partial charge in [0.1, 0.15) is 11.9 Å². The Hall–Kier alpha value is -2.02. The molecule has 0 aliphatic carbocycles. The molecule has 0 saturated carbocycles. The van der Waals surface area contributed by atoms with E-state index in [2.05, 4.69) is 43.4 Å². The van der Waals surface area contributed by atoms with Gasteiger partial charge < -0.3 is 19.1 Å². The summed E-state index contributed by atoms with van der Waals surface area (Å²) in [6.45, 7) is 10.3. The fourth-order valence-electron chi connectivity index (χ4n) is 1.78. The number of nitrogens with zero attached hydrogens (tertiary/aromatic N) is 2. The monoisotopic (exact) mass is 352 g/mol. The van der Waals surface area contributed by atoms with E-state index >= 15 is 0 Å². The number of ether oxygens (including phenoxy) is 1. The summed E-state index contributed by atoms with van der Waals surface area (Å²) < 4.78 is 16.1. The Labute approximate surface area is 142 Å². The first-order valence-electron chi connectivity index (χ1n) is 7.58. The van der Waals surface area contributed by atoms with Gasteiger partial charge in [-0.3, -0.25) is 4.79 Å². The van der Waals surface area contributed by atoms with Crippen molar-refractivity contribution in [3.05, 3.63) is 29.7 Å². The summed E-state index contributed by atoms with van der Waals surface area (Å²) in [6.07, 6.45) is 0.632. The van der Waals surface area contributed by atoms with Crippen molar-refractivity contribution in [3.8, 4) is 0 Å². The number of hydrogen-bond acceptors (Lipinski definition) is 5. The normalized spacial score (nSPS) is 13.1. The van der Waals surface area contributed by atoms with Gasteiger partial charge >= 0.3 is 11.7 Å². The Morgan fingerprint density at radius 1 is 1.38 bits per heavy atom. The van der Waals surface area contributed by atoms with Crippen LogP contribution in [0, 0.1) is 0 Å². The molecule has 1 aromatic rings. The number of esters is 1. The highest BCUT2D eigenvalue weighted by Gasteiger charge is 2.42. The summed E-state index contributed by atoms with van der Waals surface area (Å²) in [6, 6.07) is 3.40. The van der Waals surface area contributed by atoms with Gasteiger partial charge in [0.2, 0.25) is 0 Å². The fourth-order valence-corrected chi connectivity index (χ4v) is 3.04. The van der Waals surface area contributed by atoms with Crippen LogP contribution in [0.5, 0.6) is 0 Å². The molecular formula is C16H24N2O5Si. The molecule has 1 unspecified atom stereocenters. The van der Waals surface area contributed by atoms with Gasteiger partial charge in [-0.15, -0.1) is 0 Å². The average Bonchev–Trinajstić information content (AvgIpc) is 2.99. The molecule has 0 aromatic carbocycles. The van der Waals surface area contributed by atoms with Crippen molar-refractivity contribution in [2.24, 2.45) is 0 Å². The Balaban J connectivity index is 3.07. The van der Waals surface area contributed by atoms with Crippen LogP contribution in [0.4, 0.5) is 0 Å². The third-order valence-electron chi connectivity index (χ3n) is 4.22. The summed E-state index contributed by atoms with van der Waals surface area (Å²) in [5.74, 6) is -1.19. The molecule has 0 N–H and O–H groups in total. The quantitative estimate of drug-likeness (QED) is 0.187. The number of carbonyl (C=O) groups excluding carboxylic acids is 2. The number of Topliss-reactive ketones (excluding diaryl/α,β-unsaturated/α-hetero) is 1. The summed E-state index contributed by atoms with van der Waals surface area (Å²) in [4.78, 5) is 26.6. The largest absolute Gasteiger partial charge is 0.467 e. The van der Waals surface area contributed by atoms with E-state index in [1.165, 1.54) is 6.26 Å². The van der Waals surface area contributed by atoms with Crippen LogP contribution in [0.25, 0.3) is 5.53 Å². The van der Waals surface area contributed by atoms with Crippen LogP contribution in [0.3, 0.4) is 0 Å². The van der Waals surface area contributed by atoms with Crippen LogP contribution >= 0.6 is 0 Å². The second-order valence-electron chi connectivity index (χ2n) is 6.95. The number of methoxy groups -OCH3 is 1. The van der Waals surface area contributed by atoms with Gasteiger partial charge in [-0.25, -0.2) is 4.79 Å². The molecule has 0 spiro atoms. The van der Waals surface area contributed by atoms with Crippen LogP contribution in [0.15, 0.2) is 22.8 Å². The van der Waals surface area contributed by atoms with Gasteiger partial charge in [-0.05, 0) is 30.3 Å². The first-order valence-corrected chi connectivity index (χ1v) is 10.5. The molecule has 8 heteroatoms. The Morgan fingerprint density at radius 3 is 2.42 bits per heavy atom. The van der Waals surface area contributed by atoms with Crippen LogP contribution in [0.2, 0.25) is 18.1 Å². The average molecular weight is 352 g/mol. The van der Waals surface area contributed by atoms with E-state index in [-0.39, 0.29) is 11.5 Å². The molecule has 0 aliphatic rings. The lowest BCUT2D eigenvalue weighted by Crippen LogP contribution is -2.42. The molecule has 1 atom stereocenters. The van der Waals surface area contributed by atoms with Gasteiger partial charge in [0.15, 0.2) is 8.32 Å². The van der Waals surface area contributed by atoms with Crippen molar-refractivity contribution in [1.82, 2.24) is 0 Å². The number of hydrogen-bond donors (Lipinski definition) is 0. The minimum atomic E-state index is -2.20. The van der Waals surface area contributed by atoms with E-state index in [4.69, 9.17) is 14.4 Å². The minimum Gasteiger partial charge on any atom is -0.467 e. The molecule has 0 fully saturated rings. The van der Waals surface area contributed by atoms with Crippen molar-refractivity contribution in [3.63, 3.8) is 0 Å². The molecule has 1 rings (SSSR count). The highest BCUT2D eigenvalue weighted by atomic mass is 28.4. The van der Waals surface area contributed by atoms with E-state index in [1.54, 1.807) is 12.1 Å². The lowest BCUT2D eigenvalue weighted by atomic mass is 10.1. The zero-order valence-corrected chi connectivity index (χ0v) is 16.0. The maximum atomic E-state index is 12.3. The zero-order valence-electron chi connectivity index (χ0n) is 15.0. The van der Waals surface area contributed by atoms with Gasteiger partial charge in [0, 0.05) is 0 Å². The van der Waals surface area contributed by atoms with Gasteiger partial charge in [-0.2, -0.15) is 4.79 Å². The highest BCUT2D eigenvalue weighted by Crippen LogP contribution is 2.40. The maximum Gasteiger partial charge on any atom is 0.441 e. The van der Waals surface area contributed by atoms with Gasteiger partial charge in [0.25, 0.3) is 5.78 Å². The summed E-state index contributed by atoms with van der Waals surface area (Å²) in [5.41, 5.74) is 8.25. The Kier molecular flexibility index (Phi) is 6.42.